The summed E-state index contributed by atoms with van der Waals surface area (Å²) < 4.78 is 2.10. The topological polar surface area (TPSA) is 116 Å². The zero-order valence-electron chi connectivity index (χ0n) is 14.0. The van der Waals surface area contributed by atoms with Gasteiger partial charge in [-0.15, -0.1) is 0 Å². The molecule has 0 fully saturated rings. The predicted octanol–water partition coefficient (Wildman–Crippen LogP) is 1.60. The van der Waals surface area contributed by atoms with Crippen molar-refractivity contribution in [2.75, 3.05) is 25.0 Å². The van der Waals surface area contributed by atoms with Gasteiger partial charge in [0.15, 0.2) is 0 Å². The van der Waals surface area contributed by atoms with Crippen LogP contribution in [-0.4, -0.2) is 52.2 Å². The molecule has 8 heteroatoms. The lowest BCUT2D eigenvalue weighted by Crippen LogP contribution is -2.26. The average molecular weight is 356 g/mol. The highest BCUT2D eigenvalue weighted by molar-refractivity contribution is 5.89. The molecule has 3 rings (SSSR count). The van der Waals surface area contributed by atoms with Gasteiger partial charge in [-0.25, -0.2) is 9.59 Å². The van der Waals surface area contributed by atoms with Crippen LogP contribution in [0.15, 0.2) is 65.9 Å². The van der Waals surface area contributed by atoms with Gasteiger partial charge in [0.05, 0.1) is 24.5 Å². The maximum absolute atomic E-state index is 9.55. The number of carbonyl (C=O) groups is 2. The quantitative estimate of drug-likeness (QED) is 0.584. The summed E-state index contributed by atoms with van der Waals surface area (Å²) in [6, 6.07) is 12.3. The molecule has 1 aliphatic rings. The fourth-order valence-electron chi connectivity index (χ4n) is 2.23. The molecule has 0 aliphatic carbocycles. The van der Waals surface area contributed by atoms with E-state index in [4.69, 9.17) is 10.2 Å². The molecule has 0 radical (unpaired) electrons. The minimum atomic E-state index is -1.26. The van der Waals surface area contributed by atoms with Crippen molar-refractivity contribution in [1.82, 2.24) is 9.88 Å². The molecule has 0 saturated carbocycles. The van der Waals surface area contributed by atoms with E-state index in [0.717, 1.165) is 36.8 Å². The van der Waals surface area contributed by atoms with Gasteiger partial charge < -0.3 is 25.4 Å². The molecule has 0 bridgehead atoms. The van der Waals surface area contributed by atoms with E-state index >= 15 is 0 Å². The van der Waals surface area contributed by atoms with Crippen LogP contribution in [0.5, 0.6) is 0 Å². The number of hydrogen-bond donors (Lipinski definition) is 4. The molecule has 1 aliphatic heterocycles. The number of carboxylic acid groups (broad SMARTS) is 2. The summed E-state index contributed by atoms with van der Waals surface area (Å²) in [5, 5.41) is 22.3. The van der Waals surface area contributed by atoms with Gasteiger partial charge in [-0.3, -0.25) is 4.99 Å². The van der Waals surface area contributed by atoms with E-state index in [-0.39, 0.29) is 0 Å². The number of nitrogens with zero attached hydrogens (tertiary/aromatic N) is 2. The van der Waals surface area contributed by atoms with Crippen LogP contribution >= 0.6 is 0 Å². The fourth-order valence-corrected chi connectivity index (χ4v) is 2.23. The Kier molecular flexibility index (Phi) is 6.99. The number of anilines is 1. The minimum absolute atomic E-state index is 0.558. The van der Waals surface area contributed by atoms with Crippen LogP contribution in [0.2, 0.25) is 0 Å². The number of aromatic nitrogens is 1. The van der Waals surface area contributed by atoms with E-state index in [0.29, 0.717) is 12.2 Å². The van der Waals surface area contributed by atoms with Crippen LogP contribution < -0.4 is 10.6 Å². The summed E-state index contributed by atoms with van der Waals surface area (Å²) in [4.78, 5) is 23.5. The summed E-state index contributed by atoms with van der Waals surface area (Å²) in [6.07, 6.45) is 5.21. The number of rotatable bonds is 6. The summed E-state index contributed by atoms with van der Waals surface area (Å²) in [5.41, 5.74) is 2.27. The standard InChI is InChI=1S/C14H16N4.C4H4O4/c1-2-6-13(18-9-3-4-10-18)12(5-1)17-11-14-15-7-8-16-14;5-3(6)1-2-4(7)8/h1-6,9-10,17H,7-8,11H2,(H,15,16);1-2H,(H,5,6)(H,7,8)/b;2-1+. The maximum atomic E-state index is 9.55. The molecule has 1 aromatic carbocycles. The Labute approximate surface area is 150 Å². The van der Waals surface area contributed by atoms with Crippen LogP contribution in [0.1, 0.15) is 0 Å². The third-order valence-corrected chi connectivity index (χ3v) is 3.34. The molecule has 0 spiro atoms. The van der Waals surface area contributed by atoms with E-state index in [1.54, 1.807) is 0 Å². The molecule has 0 atom stereocenters. The van der Waals surface area contributed by atoms with Gasteiger partial charge >= 0.3 is 11.9 Å². The van der Waals surface area contributed by atoms with Crippen molar-refractivity contribution >= 4 is 23.5 Å². The van der Waals surface area contributed by atoms with E-state index < -0.39 is 11.9 Å². The first-order valence-electron chi connectivity index (χ1n) is 7.93. The number of para-hydroxylation sites is 2. The van der Waals surface area contributed by atoms with Crippen LogP contribution in [-0.2, 0) is 9.59 Å². The molecule has 4 N–H and O–H groups in total. The molecule has 136 valence electrons. The molecule has 2 aromatic rings. The van der Waals surface area contributed by atoms with Crippen molar-refractivity contribution in [2.24, 2.45) is 4.99 Å². The SMILES string of the molecule is O=C(O)/C=C/C(=O)O.c1ccc(-n2cccc2)c(NCC2=NCCN2)c1. The normalized spacial score (nSPS) is 12.7. The average Bonchev–Trinajstić information content (AvgIpc) is 3.33. The zero-order chi connectivity index (χ0) is 18.8. The van der Waals surface area contributed by atoms with Crippen molar-refractivity contribution in [2.45, 2.75) is 0 Å². The third kappa shape index (κ3) is 6.16. The lowest BCUT2D eigenvalue weighted by atomic mass is 10.2. The first-order chi connectivity index (χ1) is 12.6. The molecule has 0 saturated heterocycles. The van der Waals surface area contributed by atoms with Gasteiger partial charge in [-0.05, 0) is 24.3 Å². The van der Waals surface area contributed by atoms with Crippen molar-refractivity contribution < 1.29 is 19.8 Å². The summed E-state index contributed by atoms with van der Waals surface area (Å²) in [6.45, 7) is 2.59. The number of nitrogens with one attached hydrogen (secondary N) is 2. The van der Waals surface area contributed by atoms with Gasteiger partial charge in [0.2, 0.25) is 0 Å². The lowest BCUT2D eigenvalue weighted by Gasteiger charge is -2.13. The predicted molar refractivity (Wildman–Crippen MR) is 99.0 cm³/mol. The number of amidine groups is 1. The lowest BCUT2D eigenvalue weighted by molar-refractivity contribution is -0.134. The second kappa shape index (κ2) is 9.67. The molecule has 1 aromatic heterocycles. The van der Waals surface area contributed by atoms with E-state index in [1.807, 2.05) is 36.7 Å². The van der Waals surface area contributed by atoms with Gasteiger partial charge in [-0.1, -0.05) is 12.1 Å². The first-order valence-corrected chi connectivity index (χ1v) is 7.93. The van der Waals surface area contributed by atoms with E-state index in [1.165, 1.54) is 0 Å². The molecular weight excluding hydrogens is 336 g/mol. The molecule has 26 heavy (non-hydrogen) atoms. The Morgan fingerprint density at radius 2 is 1.77 bits per heavy atom. The molecule has 0 unspecified atom stereocenters. The van der Waals surface area contributed by atoms with Crippen LogP contribution in [0.4, 0.5) is 5.69 Å². The smallest absolute Gasteiger partial charge is 0.328 e. The Hall–Kier alpha value is -3.55. The van der Waals surface area contributed by atoms with Crippen molar-refractivity contribution in [3.05, 3.63) is 60.9 Å². The van der Waals surface area contributed by atoms with Gasteiger partial charge in [0, 0.05) is 31.1 Å². The Balaban J connectivity index is 0.000000260. The van der Waals surface area contributed by atoms with Crippen LogP contribution in [0.25, 0.3) is 5.69 Å². The van der Waals surface area contributed by atoms with Gasteiger partial charge in [-0.2, -0.15) is 0 Å². The Morgan fingerprint density at radius 1 is 1.12 bits per heavy atom. The van der Waals surface area contributed by atoms with Crippen molar-refractivity contribution in [3.63, 3.8) is 0 Å². The first kappa shape index (κ1) is 18.8. The largest absolute Gasteiger partial charge is 0.478 e. The molecule has 2 heterocycles. The van der Waals surface area contributed by atoms with Crippen LogP contribution in [0, 0.1) is 0 Å². The number of aliphatic imine (C=N–C) groups is 1. The maximum Gasteiger partial charge on any atom is 0.328 e. The summed E-state index contributed by atoms with van der Waals surface area (Å²) in [7, 11) is 0. The number of hydrogen-bond acceptors (Lipinski definition) is 5. The van der Waals surface area contributed by atoms with Crippen molar-refractivity contribution in [3.8, 4) is 5.69 Å². The minimum Gasteiger partial charge on any atom is -0.478 e. The highest BCUT2D eigenvalue weighted by Crippen LogP contribution is 2.19. The van der Waals surface area contributed by atoms with Gasteiger partial charge in [0.1, 0.15) is 5.84 Å². The third-order valence-electron chi connectivity index (χ3n) is 3.34. The van der Waals surface area contributed by atoms with Crippen LogP contribution in [0.3, 0.4) is 0 Å². The molecule has 8 nitrogen and oxygen atoms in total. The molecule has 0 amide bonds. The second-order valence-electron chi connectivity index (χ2n) is 5.23. The summed E-state index contributed by atoms with van der Waals surface area (Å²) >= 11 is 0. The number of aliphatic carboxylic acids is 2. The second-order valence-corrected chi connectivity index (χ2v) is 5.23. The number of carboxylic acids is 2. The van der Waals surface area contributed by atoms with Gasteiger partial charge in [0.25, 0.3) is 0 Å². The van der Waals surface area contributed by atoms with E-state index in [9.17, 15) is 9.59 Å². The number of benzene rings is 1. The summed E-state index contributed by atoms with van der Waals surface area (Å²) in [5.74, 6) is -1.47. The van der Waals surface area contributed by atoms with E-state index in [2.05, 4.69) is 32.3 Å². The zero-order valence-corrected chi connectivity index (χ0v) is 14.0. The Morgan fingerprint density at radius 3 is 2.35 bits per heavy atom. The monoisotopic (exact) mass is 356 g/mol. The molecular formula is C18H20N4O4. The highest BCUT2D eigenvalue weighted by Gasteiger charge is 2.06. The highest BCUT2D eigenvalue weighted by atomic mass is 16.4. The Bertz CT molecular complexity index is 781. The fraction of sp³-hybridized carbons (Fsp3) is 0.167. The van der Waals surface area contributed by atoms with Crippen molar-refractivity contribution in [1.29, 1.82) is 0 Å².